The lowest BCUT2D eigenvalue weighted by atomic mass is 10.1. The van der Waals surface area contributed by atoms with E-state index in [1.165, 1.54) is 0 Å². The Bertz CT molecular complexity index is 686. The number of hydrogen-bond donors (Lipinski definition) is 2. The lowest BCUT2D eigenvalue weighted by molar-refractivity contribution is -0.113. The van der Waals surface area contributed by atoms with Crippen LogP contribution in [0.15, 0.2) is 48.5 Å². The second-order valence-corrected chi connectivity index (χ2v) is 5.10. The zero-order valence-corrected chi connectivity index (χ0v) is 13.0. The van der Waals surface area contributed by atoms with E-state index in [0.717, 1.165) is 11.1 Å². The van der Waals surface area contributed by atoms with E-state index in [4.69, 9.17) is 11.6 Å². The first-order valence-corrected chi connectivity index (χ1v) is 7.43. The van der Waals surface area contributed by atoms with Gasteiger partial charge < -0.3 is 10.6 Å². The van der Waals surface area contributed by atoms with Crippen molar-refractivity contribution in [3.63, 3.8) is 0 Å². The van der Waals surface area contributed by atoms with Gasteiger partial charge in [0.2, 0.25) is 5.91 Å². The number of nitrogens with one attached hydrogen (secondary N) is 2. The number of carbonyl (C=O) groups is 2. The summed E-state index contributed by atoms with van der Waals surface area (Å²) < 4.78 is 0. The van der Waals surface area contributed by atoms with Crippen molar-refractivity contribution < 1.29 is 9.59 Å². The highest BCUT2D eigenvalue weighted by atomic mass is 35.5. The molecule has 4 nitrogen and oxygen atoms in total. The molecule has 0 aliphatic rings. The van der Waals surface area contributed by atoms with Gasteiger partial charge in [-0.15, -0.1) is 11.6 Å². The van der Waals surface area contributed by atoms with E-state index >= 15 is 0 Å². The first kappa shape index (κ1) is 16.0. The van der Waals surface area contributed by atoms with E-state index in [1.54, 1.807) is 24.3 Å². The minimum Gasteiger partial charge on any atom is -0.348 e. The molecule has 0 saturated carbocycles. The Morgan fingerprint density at radius 3 is 2.45 bits per heavy atom. The summed E-state index contributed by atoms with van der Waals surface area (Å²) in [4.78, 5) is 23.7. The molecular formula is C17H17ClN2O2. The summed E-state index contributed by atoms with van der Waals surface area (Å²) in [5, 5.41) is 5.48. The monoisotopic (exact) mass is 316 g/mol. The van der Waals surface area contributed by atoms with Gasteiger partial charge in [0.1, 0.15) is 5.88 Å². The maximum absolute atomic E-state index is 12.3. The van der Waals surface area contributed by atoms with Gasteiger partial charge in [-0.25, -0.2) is 0 Å². The molecule has 22 heavy (non-hydrogen) atoms. The molecular weight excluding hydrogens is 300 g/mol. The van der Waals surface area contributed by atoms with Crippen LogP contribution in [0.3, 0.4) is 0 Å². The Morgan fingerprint density at radius 1 is 1.05 bits per heavy atom. The third-order valence-electron chi connectivity index (χ3n) is 3.27. The average Bonchev–Trinajstić information content (AvgIpc) is 2.54. The Balaban J connectivity index is 2.10. The lowest BCUT2D eigenvalue weighted by Gasteiger charge is -2.11. The van der Waals surface area contributed by atoms with Gasteiger partial charge in [0.05, 0.1) is 11.3 Å². The minimum absolute atomic E-state index is 0.154. The Labute approximate surface area is 134 Å². The predicted molar refractivity (Wildman–Crippen MR) is 88.1 cm³/mol. The number of halogens is 1. The van der Waals surface area contributed by atoms with Crippen molar-refractivity contribution in [1.29, 1.82) is 0 Å². The average molecular weight is 317 g/mol. The highest BCUT2D eigenvalue weighted by Gasteiger charge is 2.12. The molecule has 0 aliphatic heterocycles. The molecule has 0 aromatic heterocycles. The van der Waals surface area contributed by atoms with Crippen LogP contribution in [0.4, 0.5) is 5.69 Å². The van der Waals surface area contributed by atoms with Crippen molar-refractivity contribution in [2.24, 2.45) is 0 Å². The van der Waals surface area contributed by atoms with Crippen molar-refractivity contribution in [2.75, 3.05) is 11.2 Å². The van der Waals surface area contributed by atoms with E-state index in [0.29, 0.717) is 17.8 Å². The summed E-state index contributed by atoms with van der Waals surface area (Å²) >= 11 is 5.48. The topological polar surface area (TPSA) is 58.2 Å². The Morgan fingerprint density at radius 2 is 1.73 bits per heavy atom. The third kappa shape index (κ3) is 4.09. The molecule has 2 aromatic carbocycles. The second-order valence-electron chi connectivity index (χ2n) is 4.84. The molecule has 0 fully saturated rings. The molecule has 2 amide bonds. The maximum atomic E-state index is 12.3. The largest absolute Gasteiger partial charge is 0.348 e. The van der Waals surface area contributed by atoms with Crippen LogP contribution in [0.5, 0.6) is 0 Å². The summed E-state index contributed by atoms with van der Waals surface area (Å²) in [5.41, 5.74) is 3.04. The number of alkyl halides is 1. The molecule has 0 spiro atoms. The van der Waals surface area contributed by atoms with Crippen molar-refractivity contribution in [3.8, 4) is 0 Å². The molecule has 0 heterocycles. The van der Waals surface area contributed by atoms with Crippen LogP contribution in [-0.2, 0) is 11.3 Å². The van der Waals surface area contributed by atoms with Gasteiger partial charge in [0.25, 0.3) is 5.91 Å². The van der Waals surface area contributed by atoms with Gasteiger partial charge in [-0.1, -0.05) is 36.4 Å². The minimum atomic E-state index is -0.346. The molecule has 0 aliphatic carbocycles. The van der Waals surface area contributed by atoms with Crippen LogP contribution in [0, 0.1) is 6.92 Å². The SMILES string of the molecule is Cc1ccccc1CNC(=O)c1ccccc1NC(=O)CCl. The molecule has 2 N–H and O–H groups in total. The van der Waals surface area contributed by atoms with Gasteiger partial charge in [-0.05, 0) is 30.2 Å². The van der Waals surface area contributed by atoms with Crippen LogP contribution in [0.25, 0.3) is 0 Å². The first-order chi connectivity index (χ1) is 10.6. The molecule has 0 bridgehead atoms. The maximum Gasteiger partial charge on any atom is 0.253 e. The summed E-state index contributed by atoms with van der Waals surface area (Å²) in [7, 11) is 0. The summed E-state index contributed by atoms with van der Waals surface area (Å²) in [6, 6.07) is 14.7. The number of aryl methyl sites for hydroxylation is 1. The summed E-state index contributed by atoms with van der Waals surface area (Å²) in [5.74, 6) is -0.742. The molecule has 0 atom stereocenters. The highest BCUT2D eigenvalue weighted by molar-refractivity contribution is 6.29. The zero-order valence-electron chi connectivity index (χ0n) is 12.2. The van der Waals surface area contributed by atoms with Gasteiger partial charge >= 0.3 is 0 Å². The molecule has 5 heteroatoms. The molecule has 114 valence electrons. The molecule has 0 radical (unpaired) electrons. The van der Waals surface area contributed by atoms with Crippen molar-refractivity contribution >= 4 is 29.1 Å². The van der Waals surface area contributed by atoms with Crippen LogP contribution in [0.1, 0.15) is 21.5 Å². The van der Waals surface area contributed by atoms with E-state index in [1.807, 2.05) is 31.2 Å². The third-order valence-corrected chi connectivity index (χ3v) is 3.51. The van der Waals surface area contributed by atoms with Crippen LogP contribution in [0.2, 0.25) is 0 Å². The quantitative estimate of drug-likeness (QED) is 0.833. The van der Waals surface area contributed by atoms with Crippen molar-refractivity contribution in [3.05, 3.63) is 65.2 Å². The first-order valence-electron chi connectivity index (χ1n) is 6.89. The smallest absolute Gasteiger partial charge is 0.253 e. The van der Waals surface area contributed by atoms with E-state index in [9.17, 15) is 9.59 Å². The van der Waals surface area contributed by atoms with E-state index < -0.39 is 0 Å². The fourth-order valence-corrected chi connectivity index (χ4v) is 2.12. The second kappa shape index (κ2) is 7.61. The van der Waals surface area contributed by atoms with Crippen molar-refractivity contribution in [1.82, 2.24) is 5.32 Å². The van der Waals surface area contributed by atoms with Gasteiger partial charge in [0.15, 0.2) is 0 Å². The van der Waals surface area contributed by atoms with Crippen LogP contribution >= 0.6 is 11.6 Å². The zero-order chi connectivity index (χ0) is 15.9. The molecule has 2 aromatic rings. The number of anilines is 1. The van der Waals surface area contributed by atoms with Crippen LogP contribution < -0.4 is 10.6 Å². The summed E-state index contributed by atoms with van der Waals surface area (Å²) in [6.07, 6.45) is 0. The highest BCUT2D eigenvalue weighted by Crippen LogP contribution is 2.15. The number of rotatable bonds is 5. The number of amides is 2. The fraction of sp³-hybridized carbons (Fsp3) is 0.176. The lowest BCUT2D eigenvalue weighted by Crippen LogP contribution is -2.25. The predicted octanol–water partition coefficient (Wildman–Crippen LogP) is 3.10. The Hall–Kier alpha value is -2.33. The molecule has 0 unspecified atom stereocenters. The normalized spacial score (nSPS) is 10.1. The molecule has 0 saturated heterocycles. The van der Waals surface area contributed by atoms with E-state index in [-0.39, 0.29) is 17.7 Å². The molecule has 2 rings (SSSR count). The number of hydrogen-bond acceptors (Lipinski definition) is 2. The standard InChI is InChI=1S/C17H17ClN2O2/c1-12-6-2-3-7-13(12)11-19-17(22)14-8-4-5-9-15(14)20-16(21)10-18/h2-9H,10-11H2,1H3,(H,19,22)(H,20,21). The Kier molecular flexibility index (Phi) is 5.55. The number of para-hydroxylation sites is 1. The van der Waals surface area contributed by atoms with Gasteiger partial charge in [-0.3, -0.25) is 9.59 Å². The van der Waals surface area contributed by atoms with Gasteiger partial charge in [-0.2, -0.15) is 0 Å². The fourth-order valence-electron chi connectivity index (χ4n) is 2.05. The van der Waals surface area contributed by atoms with Crippen molar-refractivity contribution in [2.45, 2.75) is 13.5 Å². The number of carbonyl (C=O) groups excluding carboxylic acids is 2. The van der Waals surface area contributed by atoms with Crippen LogP contribution in [-0.4, -0.2) is 17.7 Å². The summed E-state index contributed by atoms with van der Waals surface area (Å²) in [6.45, 7) is 2.43. The number of benzene rings is 2. The van der Waals surface area contributed by atoms with Gasteiger partial charge in [0, 0.05) is 6.54 Å². The van der Waals surface area contributed by atoms with E-state index in [2.05, 4.69) is 10.6 Å².